The largest absolute Gasteiger partial charge is 0.265 e. The van der Waals surface area contributed by atoms with Gasteiger partial charge in [-0.05, 0) is 52.6 Å². The monoisotopic (exact) mass is 308 g/mol. The highest BCUT2D eigenvalue weighted by Gasteiger charge is 2.04. The molecule has 4 aromatic rings. The minimum atomic E-state index is 0.988. The van der Waals surface area contributed by atoms with E-state index in [9.17, 15) is 0 Å². The Kier molecular flexibility index (Phi) is 3.86. The van der Waals surface area contributed by atoms with Crippen LogP contribution in [0.2, 0.25) is 0 Å². The van der Waals surface area contributed by atoms with Crippen molar-refractivity contribution in [3.05, 3.63) is 97.5 Å². The van der Waals surface area contributed by atoms with Gasteiger partial charge in [0.1, 0.15) is 0 Å². The fraction of sp³-hybridized carbons (Fsp3) is 0. The van der Waals surface area contributed by atoms with Crippen molar-refractivity contribution in [3.8, 4) is 33.5 Å². The molecule has 0 aliphatic heterocycles. The van der Waals surface area contributed by atoms with E-state index in [-0.39, 0.29) is 0 Å². The lowest BCUT2D eigenvalue weighted by Crippen LogP contribution is -1.86. The van der Waals surface area contributed by atoms with E-state index in [2.05, 4.69) is 58.5 Å². The Hall–Kier alpha value is -3.26. The number of hydrogen-bond donors (Lipinski definition) is 0. The first-order valence-electron chi connectivity index (χ1n) is 7.92. The number of benzene rings is 2. The van der Waals surface area contributed by atoms with Crippen molar-refractivity contribution in [2.24, 2.45) is 0 Å². The summed E-state index contributed by atoms with van der Waals surface area (Å²) in [6.45, 7) is 0. The quantitative estimate of drug-likeness (QED) is 0.501. The molecule has 2 heteroatoms. The minimum Gasteiger partial charge on any atom is -0.265 e. The fourth-order valence-electron chi connectivity index (χ4n) is 2.80. The van der Waals surface area contributed by atoms with Gasteiger partial charge < -0.3 is 0 Å². The summed E-state index contributed by atoms with van der Waals surface area (Å²) >= 11 is 0. The van der Waals surface area contributed by atoms with Crippen molar-refractivity contribution in [2.75, 3.05) is 0 Å². The molecule has 0 bridgehead atoms. The van der Waals surface area contributed by atoms with Gasteiger partial charge >= 0.3 is 0 Å². The van der Waals surface area contributed by atoms with Crippen molar-refractivity contribution in [1.82, 2.24) is 9.97 Å². The second-order valence-corrected chi connectivity index (χ2v) is 5.61. The highest BCUT2D eigenvalue weighted by Crippen LogP contribution is 2.28. The molecule has 0 aliphatic carbocycles. The van der Waals surface area contributed by atoms with Gasteiger partial charge in [-0.1, -0.05) is 48.5 Å². The van der Waals surface area contributed by atoms with Crippen molar-refractivity contribution >= 4 is 0 Å². The molecule has 0 fully saturated rings. The summed E-state index contributed by atoms with van der Waals surface area (Å²) in [7, 11) is 0. The van der Waals surface area contributed by atoms with Gasteiger partial charge in [-0.25, -0.2) is 0 Å². The van der Waals surface area contributed by atoms with E-state index in [0.717, 1.165) is 11.3 Å². The lowest BCUT2D eigenvalue weighted by atomic mass is 9.99. The van der Waals surface area contributed by atoms with Crippen LogP contribution in [0.25, 0.3) is 33.5 Å². The normalized spacial score (nSPS) is 10.5. The van der Waals surface area contributed by atoms with Crippen molar-refractivity contribution < 1.29 is 0 Å². The summed E-state index contributed by atoms with van der Waals surface area (Å²) in [5, 5.41) is 0. The van der Waals surface area contributed by atoms with Gasteiger partial charge in [-0.15, -0.1) is 0 Å². The summed E-state index contributed by atoms with van der Waals surface area (Å²) in [6, 6.07) is 27.1. The average molecular weight is 308 g/mol. The fourth-order valence-corrected chi connectivity index (χ4v) is 2.80. The molecule has 0 radical (unpaired) electrons. The van der Waals surface area contributed by atoms with Gasteiger partial charge in [0.2, 0.25) is 0 Å². The molecule has 0 amide bonds. The molecule has 0 saturated carbocycles. The number of rotatable bonds is 3. The maximum absolute atomic E-state index is 4.51. The molecular weight excluding hydrogens is 292 g/mol. The predicted molar refractivity (Wildman–Crippen MR) is 98.3 cm³/mol. The average Bonchev–Trinajstić information content (AvgIpc) is 2.70. The van der Waals surface area contributed by atoms with Crippen LogP contribution in [0.3, 0.4) is 0 Å². The van der Waals surface area contributed by atoms with E-state index in [4.69, 9.17) is 0 Å². The topological polar surface area (TPSA) is 25.8 Å². The molecule has 0 N–H and O–H groups in total. The molecule has 2 aromatic carbocycles. The molecule has 0 spiro atoms. The second kappa shape index (κ2) is 6.47. The third-order valence-corrected chi connectivity index (χ3v) is 4.04. The van der Waals surface area contributed by atoms with Crippen LogP contribution in [0, 0.1) is 0 Å². The van der Waals surface area contributed by atoms with Crippen LogP contribution >= 0.6 is 0 Å². The Balaban J connectivity index is 1.75. The van der Waals surface area contributed by atoms with Crippen LogP contribution in [0.1, 0.15) is 0 Å². The van der Waals surface area contributed by atoms with Crippen molar-refractivity contribution in [2.45, 2.75) is 0 Å². The van der Waals surface area contributed by atoms with Gasteiger partial charge in [-0.3, -0.25) is 9.97 Å². The molecule has 0 unspecified atom stereocenters. The van der Waals surface area contributed by atoms with E-state index in [0.29, 0.717) is 0 Å². The van der Waals surface area contributed by atoms with E-state index in [1.807, 2.05) is 48.9 Å². The maximum Gasteiger partial charge on any atom is 0.0708 e. The molecule has 4 rings (SSSR count). The molecule has 2 nitrogen and oxygen atoms in total. The van der Waals surface area contributed by atoms with E-state index >= 15 is 0 Å². The van der Waals surface area contributed by atoms with Crippen molar-refractivity contribution in [3.63, 3.8) is 0 Å². The summed E-state index contributed by atoms with van der Waals surface area (Å²) in [5.74, 6) is 0. The third kappa shape index (κ3) is 2.95. The van der Waals surface area contributed by atoms with E-state index in [1.165, 1.54) is 22.3 Å². The van der Waals surface area contributed by atoms with Gasteiger partial charge in [0.15, 0.2) is 0 Å². The molecular formula is C22H16N2. The maximum atomic E-state index is 4.51. The zero-order chi connectivity index (χ0) is 16.2. The zero-order valence-electron chi connectivity index (χ0n) is 13.1. The second-order valence-electron chi connectivity index (χ2n) is 5.61. The highest BCUT2D eigenvalue weighted by atomic mass is 14.7. The van der Waals surface area contributed by atoms with Crippen LogP contribution in [0.5, 0.6) is 0 Å². The lowest BCUT2D eigenvalue weighted by Gasteiger charge is -2.08. The lowest BCUT2D eigenvalue weighted by molar-refractivity contribution is 1.32. The standard InChI is InChI=1S/C22H16N2/c1-2-5-18(6-3-1)22-16-21(11-14-24-22)20-8-4-7-19(15-20)17-9-12-23-13-10-17/h1-16H. The Morgan fingerprint density at radius 2 is 1.08 bits per heavy atom. The Labute approximate surface area is 141 Å². The summed E-state index contributed by atoms with van der Waals surface area (Å²) in [5.41, 5.74) is 6.83. The summed E-state index contributed by atoms with van der Waals surface area (Å²) in [4.78, 5) is 8.60. The number of aromatic nitrogens is 2. The first-order valence-corrected chi connectivity index (χ1v) is 7.92. The van der Waals surface area contributed by atoms with Gasteiger partial charge in [0.05, 0.1) is 5.69 Å². The van der Waals surface area contributed by atoms with E-state index in [1.54, 1.807) is 0 Å². The molecule has 24 heavy (non-hydrogen) atoms. The highest BCUT2D eigenvalue weighted by molar-refractivity contribution is 5.75. The van der Waals surface area contributed by atoms with Crippen LogP contribution in [0.15, 0.2) is 97.5 Å². The van der Waals surface area contributed by atoms with Gasteiger partial charge in [-0.2, -0.15) is 0 Å². The SMILES string of the molecule is c1ccc(-c2cc(-c3cccc(-c4ccncc4)c3)ccn2)cc1. The molecule has 0 aliphatic rings. The first-order chi connectivity index (χ1) is 11.9. The van der Waals surface area contributed by atoms with Crippen LogP contribution in [-0.4, -0.2) is 9.97 Å². The Morgan fingerprint density at radius 3 is 1.88 bits per heavy atom. The zero-order valence-corrected chi connectivity index (χ0v) is 13.1. The molecule has 2 heterocycles. The van der Waals surface area contributed by atoms with Crippen LogP contribution in [0.4, 0.5) is 0 Å². The van der Waals surface area contributed by atoms with Crippen molar-refractivity contribution in [1.29, 1.82) is 0 Å². The Bertz CT molecular complexity index is 867. The van der Waals surface area contributed by atoms with Gasteiger partial charge in [0.25, 0.3) is 0 Å². The number of hydrogen-bond acceptors (Lipinski definition) is 2. The number of pyridine rings is 2. The molecule has 2 aromatic heterocycles. The summed E-state index contributed by atoms with van der Waals surface area (Å²) in [6.07, 6.45) is 5.51. The van der Waals surface area contributed by atoms with E-state index < -0.39 is 0 Å². The smallest absolute Gasteiger partial charge is 0.0708 e. The van der Waals surface area contributed by atoms with Gasteiger partial charge in [0, 0.05) is 24.2 Å². The van der Waals surface area contributed by atoms with Crippen LogP contribution < -0.4 is 0 Å². The molecule has 0 saturated heterocycles. The minimum absolute atomic E-state index is 0.988. The number of nitrogens with zero attached hydrogens (tertiary/aromatic N) is 2. The summed E-state index contributed by atoms with van der Waals surface area (Å²) < 4.78 is 0. The molecule has 114 valence electrons. The first kappa shape index (κ1) is 14.3. The van der Waals surface area contributed by atoms with Crippen LogP contribution in [-0.2, 0) is 0 Å². The molecule has 0 atom stereocenters. The Morgan fingerprint density at radius 1 is 0.458 bits per heavy atom. The third-order valence-electron chi connectivity index (χ3n) is 4.04. The predicted octanol–water partition coefficient (Wildman–Crippen LogP) is 5.48.